The topological polar surface area (TPSA) is 129 Å². The van der Waals surface area contributed by atoms with Gasteiger partial charge in [-0.2, -0.15) is 0 Å². The van der Waals surface area contributed by atoms with Crippen LogP contribution in [0.2, 0.25) is 0 Å². The van der Waals surface area contributed by atoms with Crippen molar-refractivity contribution in [3.8, 4) is 5.75 Å². The molecule has 11 nitrogen and oxygen atoms in total. The molecule has 1 aliphatic carbocycles. The minimum Gasteiger partial charge on any atom is -0.490 e. The van der Waals surface area contributed by atoms with E-state index in [0.717, 1.165) is 38.3 Å². The quantitative estimate of drug-likeness (QED) is 0.309. The number of urea groups is 1. The van der Waals surface area contributed by atoms with Crippen LogP contribution in [0.1, 0.15) is 93.9 Å². The number of carbonyl (C=O) groups excluding carboxylic acids is 2. The third kappa shape index (κ3) is 9.92. The lowest BCUT2D eigenvalue weighted by atomic mass is 9.89. The average Bonchev–Trinajstić information content (AvgIpc) is 3.34. The summed E-state index contributed by atoms with van der Waals surface area (Å²) in [4.78, 5) is 31.4. The van der Waals surface area contributed by atoms with Gasteiger partial charge in [-0.25, -0.2) is 4.79 Å². The van der Waals surface area contributed by atoms with E-state index in [0.29, 0.717) is 47.3 Å². The third-order valence-corrected chi connectivity index (χ3v) is 9.37. The molecule has 2 aromatic rings. The summed E-state index contributed by atoms with van der Waals surface area (Å²) in [6.45, 7) is 12.2. The number of carbonyl (C=O) groups is 2. The van der Waals surface area contributed by atoms with E-state index in [1.54, 1.807) is 36.9 Å². The Kier molecular flexibility index (Phi) is 13.3. The van der Waals surface area contributed by atoms with Gasteiger partial charge in [-0.05, 0) is 91.0 Å². The number of hydrogen-bond donors (Lipinski definition) is 3. The van der Waals surface area contributed by atoms with Crippen molar-refractivity contribution in [3.05, 3.63) is 35.2 Å². The van der Waals surface area contributed by atoms with E-state index >= 15 is 0 Å². The van der Waals surface area contributed by atoms with Crippen molar-refractivity contribution in [2.45, 2.75) is 104 Å². The molecular weight excluding hydrogens is 586 g/mol. The van der Waals surface area contributed by atoms with Crippen LogP contribution in [0.3, 0.4) is 0 Å². The number of aliphatic hydroxyl groups excluding tert-OH is 1. The summed E-state index contributed by atoms with van der Waals surface area (Å²) in [5, 5.41) is 19.7. The molecule has 3 amide bonds. The molecule has 2 aliphatic rings. The molecule has 0 radical (unpaired) electrons. The largest absolute Gasteiger partial charge is 0.490 e. The standard InChI is InChI=1S/C35H55N5O6/c1-23-19-40(24(2)22-41)34(42)30-18-29(36-35(43)37-33-26(4)38-46-27(33)5)15-16-31(30)45-25(3)12-10-11-17-44-32(23)21-39(6)20-28-13-8-7-9-14-28/h15-16,18,23-25,28,32,41H,7-14,17,19-22H2,1-6H3,(H2,36,37,43)/t23-,24-,25+,32-/m1/s1. The fourth-order valence-electron chi connectivity index (χ4n) is 6.59. The average molecular weight is 642 g/mol. The lowest BCUT2D eigenvalue weighted by molar-refractivity contribution is -0.0190. The van der Waals surface area contributed by atoms with Gasteiger partial charge in [0, 0.05) is 37.8 Å². The van der Waals surface area contributed by atoms with Crippen molar-refractivity contribution in [2.24, 2.45) is 11.8 Å². The number of hydrogen-bond acceptors (Lipinski definition) is 8. The SMILES string of the molecule is Cc1noc(C)c1NC(=O)Nc1ccc2c(c1)C(=O)N([C@H](C)CO)C[C@@H](C)[C@@H](CN(C)CC1CCCCC1)OCCCC[C@H](C)O2. The number of nitrogens with zero attached hydrogens (tertiary/aromatic N) is 3. The van der Waals surface area contributed by atoms with Crippen LogP contribution in [0, 0.1) is 25.7 Å². The predicted octanol–water partition coefficient (Wildman–Crippen LogP) is 6.24. The van der Waals surface area contributed by atoms with Gasteiger partial charge in [0.05, 0.1) is 30.4 Å². The highest BCUT2D eigenvalue weighted by Gasteiger charge is 2.31. The summed E-state index contributed by atoms with van der Waals surface area (Å²) in [6.07, 6.45) is 9.05. The molecule has 3 N–H and O–H groups in total. The number of ether oxygens (including phenoxy) is 2. The Labute approximate surface area is 274 Å². The molecule has 2 heterocycles. The molecule has 0 spiro atoms. The summed E-state index contributed by atoms with van der Waals surface area (Å²) in [5.41, 5.74) is 1.84. The normalized spacial score (nSPS) is 22.9. The highest BCUT2D eigenvalue weighted by molar-refractivity contribution is 6.03. The molecule has 1 aromatic carbocycles. The number of anilines is 2. The van der Waals surface area contributed by atoms with E-state index in [-0.39, 0.29) is 30.6 Å². The molecule has 4 rings (SSSR count). The molecule has 1 aromatic heterocycles. The highest BCUT2D eigenvalue weighted by Crippen LogP contribution is 2.29. The lowest BCUT2D eigenvalue weighted by Crippen LogP contribution is -2.47. The van der Waals surface area contributed by atoms with Crippen LogP contribution in [0.25, 0.3) is 0 Å². The first-order valence-corrected chi connectivity index (χ1v) is 17.1. The Morgan fingerprint density at radius 1 is 1.09 bits per heavy atom. The second-order valence-electron chi connectivity index (χ2n) is 13.5. The fraction of sp³-hybridized carbons (Fsp3) is 0.686. The van der Waals surface area contributed by atoms with Crippen LogP contribution in [0.5, 0.6) is 5.75 Å². The Hall–Kier alpha value is -3.15. The van der Waals surface area contributed by atoms with E-state index in [4.69, 9.17) is 14.0 Å². The lowest BCUT2D eigenvalue weighted by Gasteiger charge is -2.36. The summed E-state index contributed by atoms with van der Waals surface area (Å²) in [6, 6.07) is 4.19. The Morgan fingerprint density at radius 3 is 2.52 bits per heavy atom. The monoisotopic (exact) mass is 641 g/mol. The minimum absolute atomic E-state index is 0.0140. The zero-order chi connectivity index (χ0) is 33.2. The number of aromatic nitrogens is 1. The van der Waals surface area contributed by atoms with Crippen LogP contribution in [-0.2, 0) is 4.74 Å². The predicted molar refractivity (Wildman–Crippen MR) is 180 cm³/mol. The zero-order valence-electron chi connectivity index (χ0n) is 28.6. The van der Waals surface area contributed by atoms with Gasteiger partial charge in [-0.1, -0.05) is 31.3 Å². The van der Waals surface area contributed by atoms with Crippen LogP contribution in [0.4, 0.5) is 16.2 Å². The van der Waals surface area contributed by atoms with Gasteiger partial charge < -0.3 is 39.5 Å². The molecular formula is C35H55N5O6. The van der Waals surface area contributed by atoms with Crippen molar-refractivity contribution in [1.82, 2.24) is 15.0 Å². The maximum Gasteiger partial charge on any atom is 0.323 e. The first-order chi connectivity index (χ1) is 22.0. The number of amides is 3. The highest BCUT2D eigenvalue weighted by atomic mass is 16.5. The van der Waals surface area contributed by atoms with Crippen molar-refractivity contribution in [3.63, 3.8) is 0 Å². The second kappa shape index (κ2) is 17.1. The maximum atomic E-state index is 14.4. The molecule has 4 atom stereocenters. The molecule has 256 valence electrons. The second-order valence-corrected chi connectivity index (χ2v) is 13.5. The van der Waals surface area contributed by atoms with E-state index in [1.165, 1.54) is 32.1 Å². The van der Waals surface area contributed by atoms with E-state index in [2.05, 4.69) is 34.7 Å². The van der Waals surface area contributed by atoms with Gasteiger partial charge in [0.15, 0.2) is 5.76 Å². The summed E-state index contributed by atoms with van der Waals surface area (Å²) in [7, 11) is 2.18. The van der Waals surface area contributed by atoms with E-state index in [9.17, 15) is 14.7 Å². The van der Waals surface area contributed by atoms with Gasteiger partial charge in [-0.3, -0.25) is 4.79 Å². The fourth-order valence-corrected chi connectivity index (χ4v) is 6.59. The molecule has 1 saturated carbocycles. The molecule has 46 heavy (non-hydrogen) atoms. The number of fused-ring (bicyclic) bond motifs is 1. The van der Waals surface area contributed by atoms with Gasteiger partial charge in [0.25, 0.3) is 5.91 Å². The molecule has 0 saturated heterocycles. The summed E-state index contributed by atoms with van der Waals surface area (Å²) >= 11 is 0. The maximum absolute atomic E-state index is 14.4. The number of aliphatic hydroxyl groups is 1. The Balaban J connectivity index is 1.57. The molecule has 0 bridgehead atoms. The number of nitrogens with one attached hydrogen (secondary N) is 2. The zero-order valence-corrected chi connectivity index (χ0v) is 28.6. The van der Waals surface area contributed by atoms with E-state index in [1.807, 2.05) is 13.8 Å². The van der Waals surface area contributed by atoms with E-state index < -0.39 is 12.1 Å². The summed E-state index contributed by atoms with van der Waals surface area (Å²) < 4.78 is 18.0. The minimum atomic E-state index is -0.483. The van der Waals surface area contributed by atoms with Gasteiger partial charge in [-0.15, -0.1) is 0 Å². The molecule has 0 unspecified atom stereocenters. The first kappa shape index (κ1) is 35.7. The molecule has 1 aliphatic heterocycles. The number of benzene rings is 1. The summed E-state index contributed by atoms with van der Waals surface area (Å²) in [5.74, 6) is 1.43. The van der Waals surface area contributed by atoms with Gasteiger partial charge in [0.1, 0.15) is 17.1 Å². The van der Waals surface area contributed by atoms with Crippen molar-refractivity contribution < 1.29 is 28.7 Å². The van der Waals surface area contributed by atoms with Crippen LogP contribution < -0.4 is 15.4 Å². The van der Waals surface area contributed by atoms with Gasteiger partial charge in [0.2, 0.25) is 0 Å². The van der Waals surface area contributed by atoms with Crippen molar-refractivity contribution >= 4 is 23.3 Å². The van der Waals surface area contributed by atoms with Crippen LogP contribution in [-0.4, -0.2) is 90.1 Å². The first-order valence-electron chi connectivity index (χ1n) is 17.1. The van der Waals surface area contributed by atoms with Gasteiger partial charge >= 0.3 is 6.03 Å². The van der Waals surface area contributed by atoms with Crippen LogP contribution >= 0.6 is 0 Å². The smallest absolute Gasteiger partial charge is 0.323 e. The Morgan fingerprint density at radius 2 is 1.83 bits per heavy atom. The number of likely N-dealkylation sites (N-methyl/N-ethyl adjacent to an activating group) is 1. The van der Waals surface area contributed by atoms with Crippen LogP contribution in [0.15, 0.2) is 22.7 Å². The van der Waals surface area contributed by atoms with Crippen molar-refractivity contribution in [1.29, 1.82) is 0 Å². The van der Waals surface area contributed by atoms with Crippen molar-refractivity contribution in [2.75, 3.05) is 50.5 Å². The third-order valence-electron chi connectivity index (χ3n) is 9.37. The Bertz CT molecular complexity index is 1260. The molecule has 11 heteroatoms. The molecule has 1 fully saturated rings. The number of aryl methyl sites for hydroxylation is 2. The number of rotatable bonds is 8.